The van der Waals surface area contributed by atoms with Crippen molar-refractivity contribution in [2.24, 2.45) is 0 Å². The molecule has 13 heavy (non-hydrogen) atoms. The first kappa shape index (κ1) is 10.7. The van der Waals surface area contributed by atoms with Gasteiger partial charge in [-0.3, -0.25) is 0 Å². The Hall–Kier alpha value is -0.420. The summed E-state index contributed by atoms with van der Waals surface area (Å²) in [5.74, 6) is 0. The number of hydrogen-bond donors (Lipinski definition) is 1. The van der Waals surface area contributed by atoms with Crippen LogP contribution >= 0.6 is 11.3 Å². The SMILES string of the molecule is CC(C)(C)c1cnc(S(C)(=N)=O)s1. The zero-order valence-electron chi connectivity index (χ0n) is 8.25. The minimum atomic E-state index is -2.63. The molecule has 5 heteroatoms. The van der Waals surface area contributed by atoms with Crippen molar-refractivity contribution >= 4 is 21.1 Å². The van der Waals surface area contributed by atoms with Gasteiger partial charge in [-0.15, -0.1) is 11.3 Å². The third-order valence-corrected chi connectivity index (χ3v) is 4.75. The molecule has 3 nitrogen and oxygen atoms in total. The van der Waals surface area contributed by atoms with Crippen LogP contribution in [0.1, 0.15) is 25.6 Å². The first-order valence-corrected chi connectivity index (χ1v) is 6.69. The largest absolute Gasteiger partial charge is 0.247 e. The number of hydrogen-bond acceptors (Lipinski definition) is 4. The van der Waals surface area contributed by atoms with E-state index in [0.29, 0.717) is 4.34 Å². The summed E-state index contributed by atoms with van der Waals surface area (Å²) in [5.41, 5.74) is 0.0284. The Balaban J connectivity index is 3.16. The van der Waals surface area contributed by atoms with Gasteiger partial charge in [0.15, 0.2) is 4.34 Å². The Kier molecular flexibility index (Phi) is 2.51. The van der Waals surface area contributed by atoms with Crippen molar-refractivity contribution in [3.8, 4) is 0 Å². The number of aromatic nitrogens is 1. The van der Waals surface area contributed by atoms with Gasteiger partial charge in [0, 0.05) is 17.3 Å². The maximum atomic E-state index is 11.3. The second kappa shape index (κ2) is 3.06. The van der Waals surface area contributed by atoms with E-state index < -0.39 is 9.73 Å². The maximum Gasteiger partial charge on any atom is 0.189 e. The zero-order valence-corrected chi connectivity index (χ0v) is 9.88. The van der Waals surface area contributed by atoms with Gasteiger partial charge < -0.3 is 0 Å². The minimum absolute atomic E-state index is 0.0284. The van der Waals surface area contributed by atoms with Crippen molar-refractivity contribution in [3.63, 3.8) is 0 Å². The van der Waals surface area contributed by atoms with E-state index in [-0.39, 0.29) is 5.41 Å². The highest BCUT2D eigenvalue weighted by Gasteiger charge is 2.19. The van der Waals surface area contributed by atoms with Gasteiger partial charge >= 0.3 is 0 Å². The van der Waals surface area contributed by atoms with Crippen LogP contribution < -0.4 is 0 Å². The Morgan fingerprint density at radius 2 is 2.08 bits per heavy atom. The van der Waals surface area contributed by atoms with Gasteiger partial charge in [0.25, 0.3) is 0 Å². The molecule has 0 radical (unpaired) electrons. The van der Waals surface area contributed by atoms with Crippen molar-refractivity contribution in [2.75, 3.05) is 6.26 Å². The van der Waals surface area contributed by atoms with E-state index in [2.05, 4.69) is 25.8 Å². The van der Waals surface area contributed by atoms with Gasteiger partial charge in [0.1, 0.15) is 0 Å². The lowest BCUT2D eigenvalue weighted by molar-refractivity contribution is 0.602. The molecule has 74 valence electrons. The number of rotatable bonds is 1. The lowest BCUT2D eigenvalue weighted by Crippen LogP contribution is -2.07. The molecule has 0 amide bonds. The summed E-state index contributed by atoms with van der Waals surface area (Å²) in [6, 6.07) is 0. The van der Waals surface area contributed by atoms with Crippen LogP contribution in [0.25, 0.3) is 0 Å². The van der Waals surface area contributed by atoms with E-state index in [9.17, 15) is 4.21 Å². The van der Waals surface area contributed by atoms with E-state index in [1.54, 1.807) is 6.20 Å². The second-order valence-electron chi connectivity index (χ2n) is 4.08. The molecule has 0 spiro atoms. The van der Waals surface area contributed by atoms with Crippen molar-refractivity contribution in [1.82, 2.24) is 4.98 Å². The van der Waals surface area contributed by atoms with E-state index in [4.69, 9.17) is 4.78 Å². The van der Waals surface area contributed by atoms with Crippen LogP contribution in [-0.2, 0) is 15.1 Å². The molecule has 1 atom stereocenters. The van der Waals surface area contributed by atoms with Crippen molar-refractivity contribution in [2.45, 2.75) is 30.5 Å². The smallest absolute Gasteiger partial charge is 0.189 e. The number of thiazole rings is 1. The number of nitrogens with one attached hydrogen (secondary N) is 1. The van der Waals surface area contributed by atoms with Crippen molar-refractivity contribution in [3.05, 3.63) is 11.1 Å². The summed E-state index contributed by atoms with van der Waals surface area (Å²) in [5, 5.41) is 0. The van der Waals surface area contributed by atoms with Gasteiger partial charge in [0.2, 0.25) is 0 Å². The summed E-state index contributed by atoms with van der Waals surface area (Å²) in [6.07, 6.45) is 3.12. The van der Waals surface area contributed by atoms with Crippen molar-refractivity contribution < 1.29 is 4.21 Å². The quantitative estimate of drug-likeness (QED) is 0.787. The Labute approximate surface area is 83.2 Å². The topological polar surface area (TPSA) is 53.8 Å². The first-order valence-electron chi connectivity index (χ1n) is 3.91. The summed E-state index contributed by atoms with van der Waals surface area (Å²) < 4.78 is 19.1. The summed E-state index contributed by atoms with van der Waals surface area (Å²) in [7, 11) is -2.63. The molecule has 1 aromatic rings. The van der Waals surface area contributed by atoms with Crippen LogP contribution in [0.15, 0.2) is 10.5 Å². The predicted molar refractivity (Wildman–Crippen MR) is 55.9 cm³/mol. The summed E-state index contributed by atoms with van der Waals surface area (Å²) >= 11 is 1.37. The fourth-order valence-corrected chi connectivity index (χ4v) is 2.65. The fraction of sp³-hybridized carbons (Fsp3) is 0.625. The van der Waals surface area contributed by atoms with Crippen LogP contribution in [0.3, 0.4) is 0 Å². The highest BCUT2D eigenvalue weighted by molar-refractivity contribution is 7.93. The average molecular weight is 218 g/mol. The van der Waals surface area contributed by atoms with Crippen molar-refractivity contribution in [1.29, 1.82) is 4.78 Å². The van der Waals surface area contributed by atoms with Crippen LogP contribution in [0, 0.1) is 4.78 Å². The van der Waals surface area contributed by atoms with E-state index in [1.165, 1.54) is 17.6 Å². The highest BCUT2D eigenvalue weighted by atomic mass is 32.2. The Morgan fingerprint density at radius 1 is 1.54 bits per heavy atom. The molecule has 0 bridgehead atoms. The molecule has 0 saturated heterocycles. The highest BCUT2D eigenvalue weighted by Crippen LogP contribution is 2.29. The third-order valence-electron chi connectivity index (χ3n) is 1.56. The van der Waals surface area contributed by atoms with Gasteiger partial charge in [-0.2, -0.15) is 0 Å². The Bertz CT molecular complexity index is 398. The lowest BCUT2D eigenvalue weighted by atomic mass is 9.96. The van der Waals surface area contributed by atoms with E-state index >= 15 is 0 Å². The van der Waals surface area contributed by atoms with Crippen LogP contribution in [0.4, 0.5) is 0 Å². The van der Waals surface area contributed by atoms with Gasteiger partial charge in [-0.05, 0) is 5.41 Å². The maximum absolute atomic E-state index is 11.3. The summed E-state index contributed by atoms with van der Waals surface area (Å²) in [6.45, 7) is 6.23. The molecule has 0 saturated carbocycles. The van der Waals surface area contributed by atoms with E-state index in [1.807, 2.05) is 0 Å². The molecule has 1 N–H and O–H groups in total. The molecule has 1 heterocycles. The molecular weight excluding hydrogens is 204 g/mol. The molecule has 1 aromatic heterocycles. The molecule has 1 unspecified atom stereocenters. The molecule has 0 aliphatic carbocycles. The Morgan fingerprint density at radius 3 is 2.31 bits per heavy atom. The minimum Gasteiger partial charge on any atom is -0.247 e. The van der Waals surface area contributed by atoms with Gasteiger partial charge in [-0.1, -0.05) is 20.8 Å². The van der Waals surface area contributed by atoms with Crippen LogP contribution in [0.2, 0.25) is 0 Å². The third kappa shape index (κ3) is 2.51. The molecule has 0 aromatic carbocycles. The fourth-order valence-electron chi connectivity index (χ4n) is 0.785. The molecule has 1 rings (SSSR count). The lowest BCUT2D eigenvalue weighted by Gasteiger charge is -2.14. The monoisotopic (exact) mass is 218 g/mol. The van der Waals surface area contributed by atoms with Crippen LogP contribution in [0.5, 0.6) is 0 Å². The summed E-state index contributed by atoms with van der Waals surface area (Å²) in [4.78, 5) is 5.08. The second-order valence-corrected chi connectivity index (χ2v) is 7.45. The normalized spacial score (nSPS) is 16.9. The average Bonchev–Trinajstić information content (AvgIpc) is 2.28. The molecule has 0 fully saturated rings. The first-order chi connectivity index (χ1) is 5.71. The molecule has 0 aliphatic heterocycles. The predicted octanol–water partition coefficient (Wildman–Crippen LogP) is 2.48. The standard InChI is InChI=1S/C8H14N2OS2/c1-8(2,3)6-5-10-7(12-6)13(4,9)11/h5,9H,1-4H3. The molecule has 0 aliphatic rings. The van der Waals surface area contributed by atoms with E-state index in [0.717, 1.165) is 4.88 Å². The molecular formula is C8H14N2OS2. The number of nitrogens with zero attached hydrogens (tertiary/aromatic N) is 1. The van der Waals surface area contributed by atoms with Gasteiger partial charge in [0.05, 0.1) is 9.73 Å². The zero-order chi connectivity index (χ0) is 10.3. The van der Waals surface area contributed by atoms with Crippen LogP contribution in [-0.4, -0.2) is 15.4 Å². The van der Waals surface area contributed by atoms with Gasteiger partial charge in [-0.25, -0.2) is 14.0 Å².